The van der Waals surface area contributed by atoms with E-state index in [-0.39, 0.29) is 6.09 Å². The van der Waals surface area contributed by atoms with Crippen LogP contribution in [-0.2, 0) is 22.2 Å². The average Bonchev–Trinajstić information content (AvgIpc) is 3.36. The number of likely N-dealkylation sites (tertiary alicyclic amines) is 1. The van der Waals surface area contributed by atoms with Crippen molar-refractivity contribution in [1.29, 1.82) is 0 Å². The normalized spacial score (nSPS) is 18.5. The van der Waals surface area contributed by atoms with E-state index >= 15 is 0 Å². The van der Waals surface area contributed by atoms with Crippen molar-refractivity contribution >= 4 is 40.5 Å². The van der Waals surface area contributed by atoms with E-state index < -0.39 is 11.3 Å². The van der Waals surface area contributed by atoms with Crippen LogP contribution in [0.3, 0.4) is 0 Å². The first-order valence-electron chi connectivity index (χ1n) is 13.0. The van der Waals surface area contributed by atoms with Crippen LogP contribution in [0.2, 0.25) is 0 Å². The second-order valence-corrected chi connectivity index (χ2v) is 11.2. The highest BCUT2D eigenvalue weighted by atomic mass is 16.6. The molecule has 0 saturated carbocycles. The van der Waals surface area contributed by atoms with E-state index in [9.17, 15) is 4.79 Å². The van der Waals surface area contributed by atoms with E-state index in [1.807, 2.05) is 62.7 Å². The number of imidazole rings is 1. The molecule has 3 aliphatic rings. The van der Waals surface area contributed by atoms with Crippen LogP contribution in [-0.4, -0.2) is 75.5 Å². The van der Waals surface area contributed by atoms with Crippen LogP contribution in [0, 0.1) is 0 Å². The maximum Gasteiger partial charge on any atom is 0.410 e. The highest BCUT2D eigenvalue weighted by Gasteiger charge is 2.38. The molecule has 2 N–H and O–H groups in total. The number of anilines is 3. The molecule has 6 rings (SSSR count). The van der Waals surface area contributed by atoms with Crippen molar-refractivity contribution < 1.29 is 14.3 Å². The molecule has 11 nitrogen and oxygen atoms in total. The third-order valence-corrected chi connectivity index (χ3v) is 6.96. The van der Waals surface area contributed by atoms with Gasteiger partial charge in [-0.05, 0) is 51.5 Å². The summed E-state index contributed by atoms with van der Waals surface area (Å²) in [5.74, 6) is 2.23. The summed E-state index contributed by atoms with van der Waals surface area (Å²) in [6.45, 7) is 11.5. The van der Waals surface area contributed by atoms with Crippen LogP contribution in [0.4, 0.5) is 22.0 Å². The molecule has 200 valence electrons. The number of aromatic nitrogens is 4. The fraction of sp³-hybridized carbons (Fsp3) is 0.481. The van der Waals surface area contributed by atoms with Gasteiger partial charge in [0.2, 0.25) is 0 Å². The van der Waals surface area contributed by atoms with Gasteiger partial charge in [0.1, 0.15) is 11.4 Å². The minimum Gasteiger partial charge on any atom is -0.444 e. The third kappa shape index (κ3) is 4.40. The number of aryl methyl sites for hydroxylation is 1. The van der Waals surface area contributed by atoms with Crippen LogP contribution in [0.15, 0.2) is 29.8 Å². The summed E-state index contributed by atoms with van der Waals surface area (Å²) in [5, 5.41) is 7.12. The van der Waals surface area contributed by atoms with Gasteiger partial charge in [0, 0.05) is 33.2 Å². The number of carbonyl (C=O) groups excluding carboxylic acids is 1. The molecule has 1 aromatic carbocycles. The number of rotatable bonds is 3. The fourth-order valence-corrected chi connectivity index (χ4v) is 4.97. The van der Waals surface area contributed by atoms with Crippen LogP contribution in [0.5, 0.6) is 0 Å². The molecule has 0 unspecified atom stereocenters. The van der Waals surface area contributed by atoms with Crippen molar-refractivity contribution in [2.45, 2.75) is 39.0 Å². The highest BCUT2D eigenvalue weighted by molar-refractivity contribution is 5.86. The van der Waals surface area contributed by atoms with Gasteiger partial charge in [-0.1, -0.05) is 12.1 Å². The smallest absolute Gasteiger partial charge is 0.410 e. The molecule has 2 saturated heterocycles. The molecule has 11 heteroatoms. The Morgan fingerprint density at radius 2 is 1.74 bits per heavy atom. The second kappa shape index (κ2) is 8.87. The average molecular weight is 519 g/mol. The first-order valence-corrected chi connectivity index (χ1v) is 13.0. The minimum atomic E-state index is -0.677. The summed E-state index contributed by atoms with van der Waals surface area (Å²) in [5.41, 5.74) is 3.46. The Labute approximate surface area is 221 Å². The summed E-state index contributed by atoms with van der Waals surface area (Å²) < 4.78 is 13.1. The summed E-state index contributed by atoms with van der Waals surface area (Å²) in [4.78, 5) is 31.3. The van der Waals surface area contributed by atoms with Crippen LogP contribution >= 0.6 is 0 Å². The van der Waals surface area contributed by atoms with Crippen molar-refractivity contribution in [3.8, 4) is 0 Å². The van der Waals surface area contributed by atoms with Gasteiger partial charge in [-0.25, -0.2) is 19.7 Å². The standard InChI is InChI=1S/C27H34N8O3/c1-26(2,3)38-25(36)35-15-17(16-35)14-20-28-21-22(33(20)5)29-24(30-23(21)34-10-12-37-13-11-34)27(4)31-18-8-6-7-9-19(18)32-27/h6-9,14,31-32H,10-13,15-16H2,1-5H3. The number of ether oxygens (including phenoxy) is 2. The zero-order chi connectivity index (χ0) is 26.7. The zero-order valence-corrected chi connectivity index (χ0v) is 22.5. The maximum absolute atomic E-state index is 12.4. The number of morpholine rings is 1. The van der Waals surface area contributed by atoms with Crippen molar-refractivity contribution in [2.24, 2.45) is 7.05 Å². The van der Waals surface area contributed by atoms with Gasteiger partial charge < -0.3 is 34.5 Å². The summed E-state index contributed by atoms with van der Waals surface area (Å²) in [7, 11) is 1.97. The number of fused-ring (bicyclic) bond motifs is 2. The van der Waals surface area contributed by atoms with Gasteiger partial charge in [-0.3, -0.25) is 0 Å². The molecule has 1 amide bonds. The predicted molar refractivity (Wildman–Crippen MR) is 146 cm³/mol. The molecular weight excluding hydrogens is 484 g/mol. The Bertz CT molecular complexity index is 1400. The summed E-state index contributed by atoms with van der Waals surface area (Å²) >= 11 is 0. The van der Waals surface area contributed by atoms with E-state index in [1.54, 1.807) is 4.90 Å². The number of para-hydroxylation sites is 2. The molecular formula is C27H34N8O3. The summed E-state index contributed by atoms with van der Waals surface area (Å²) in [6, 6.07) is 8.10. The Morgan fingerprint density at radius 1 is 1.08 bits per heavy atom. The van der Waals surface area contributed by atoms with E-state index in [0.29, 0.717) is 32.1 Å². The molecule has 5 heterocycles. The Kier molecular flexibility index (Phi) is 5.71. The molecule has 0 spiro atoms. The van der Waals surface area contributed by atoms with Crippen LogP contribution < -0.4 is 15.5 Å². The largest absolute Gasteiger partial charge is 0.444 e. The molecule has 2 aromatic heterocycles. The molecule has 3 aromatic rings. The SMILES string of the molecule is Cn1c(C=C2CN(C(=O)OC(C)(C)C)C2)nc2c(N3CCOCC3)nc(C3(C)Nc4ccccc4N3)nc21. The minimum absolute atomic E-state index is 0.296. The van der Waals surface area contributed by atoms with Crippen molar-refractivity contribution in [3.05, 3.63) is 41.5 Å². The number of nitrogens with zero attached hydrogens (tertiary/aromatic N) is 6. The molecule has 0 radical (unpaired) electrons. The monoisotopic (exact) mass is 518 g/mol. The Morgan fingerprint density at radius 3 is 2.37 bits per heavy atom. The Balaban J connectivity index is 1.35. The van der Waals surface area contributed by atoms with Gasteiger partial charge in [0.05, 0.1) is 24.6 Å². The quantitative estimate of drug-likeness (QED) is 0.538. The molecule has 38 heavy (non-hydrogen) atoms. The number of hydrogen-bond acceptors (Lipinski definition) is 9. The van der Waals surface area contributed by atoms with E-state index in [0.717, 1.165) is 52.8 Å². The molecule has 2 fully saturated rings. The van der Waals surface area contributed by atoms with Gasteiger partial charge in [-0.15, -0.1) is 0 Å². The predicted octanol–water partition coefficient (Wildman–Crippen LogP) is 3.54. The van der Waals surface area contributed by atoms with Gasteiger partial charge in [0.15, 0.2) is 28.5 Å². The first-order chi connectivity index (χ1) is 18.1. The second-order valence-electron chi connectivity index (χ2n) is 11.2. The number of carbonyl (C=O) groups is 1. The van der Waals surface area contributed by atoms with E-state index in [4.69, 9.17) is 24.4 Å². The van der Waals surface area contributed by atoms with Gasteiger partial charge in [0.25, 0.3) is 0 Å². The van der Waals surface area contributed by atoms with Gasteiger partial charge >= 0.3 is 6.09 Å². The number of benzene rings is 1. The third-order valence-electron chi connectivity index (χ3n) is 6.96. The van der Waals surface area contributed by atoms with Crippen molar-refractivity contribution in [3.63, 3.8) is 0 Å². The fourth-order valence-electron chi connectivity index (χ4n) is 4.97. The van der Waals surface area contributed by atoms with E-state index in [2.05, 4.69) is 22.5 Å². The molecule has 3 aliphatic heterocycles. The Hall–Kier alpha value is -3.86. The number of amides is 1. The zero-order valence-electron chi connectivity index (χ0n) is 22.5. The van der Waals surface area contributed by atoms with Gasteiger partial charge in [-0.2, -0.15) is 0 Å². The molecule has 0 atom stereocenters. The lowest BCUT2D eigenvalue weighted by Gasteiger charge is -2.35. The molecule has 0 aliphatic carbocycles. The lowest BCUT2D eigenvalue weighted by molar-refractivity contribution is 0.0216. The van der Waals surface area contributed by atoms with E-state index in [1.165, 1.54) is 0 Å². The summed E-state index contributed by atoms with van der Waals surface area (Å²) in [6.07, 6.45) is 1.74. The number of hydrogen-bond donors (Lipinski definition) is 2. The van der Waals surface area contributed by atoms with Crippen molar-refractivity contribution in [2.75, 3.05) is 54.9 Å². The highest BCUT2D eigenvalue weighted by Crippen LogP contribution is 2.39. The lowest BCUT2D eigenvalue weighted by Crippen LogP contribution is -2.46. The maximum atomic E-state index is 12.4. The van der Waals surface area contributed by atoms with Crippen LogP contribution in [0.25, 0.3) is 17.2 Å². The van der Waals surface area contributed by atoms with Crippen LogP contribution in [0.1, 0.15) is 39.3 Å². The lowest BCUT2D eigenvalue weighted by atomic mass is 10.1. The molecule has 0 bridgehead atoms. The van der Waals surface area contributed by atoms with Crippen molar-refractivity contribution in [1.82, 2.24) is 24.4 Å². The topological polar surface area (TPSA) is 110 Å². The first kappa shape index (κ1) is 24.5. The number of nitrogens with one attached hydrogen (secondary N) is 2.